The number of fused-ring (bicyclic) bond motifs is 1. The molecule has 1 aliphatic carbocycles. The zero-order valence-electron chi connectivity index (χ0n) is 9.74. The van der Waals surface area contributed by atoms with E-state index >= 15 is 0 Å². The van der Waals surface area contributed by atoms with Gasteiger partial charge < -0.3 is 14.7 Å². The lowest BCUT2D eigenvalue weighted by molar-refractivity contribution is 0.0294. The topological polar surface area (TPSA) is 32.7 Å². The highest BCUT2D eigenvalue weighted by atomic mass is 16.5. The Morgan fingerprint density at radius 3 is 3.07 bits per heavy atom. The number of aliphatic hydroxyl groups is 1. The molecule has 2 fully saturated rings. The van der Waals surface area contributed by atoms with Crippen LogP contribution in [-0.2, 0) is 4.74 Å². The third kappa shape index (κ3) is 2.19. The van der Waals surface area contributed by atoms with E-state index in [1.165, 1.54) is 32.2 Å². The molecule has 0 unspecified atom stereocenters. The van der Waals surface area contributed by atoms with Crippen molar-refractivity contribution in [2.75, 3.05) is 40.0 Å². The first kappa shape index (κ1) is 11.4. The molecule has 1 aliphatic heterocycles. The van der Waals surface area contributed by atoms with E-state index in [0.29, 0.717) is 5.41 Å². The van der Waals surface area contributed by atoms with Gasteiger partial charge in [-0.15, -0.1) is 0 Å². The fourth-order valence-electron chi connectivity index (χ4n) is 3.53. The van der Waals surface area contributed by atoms with Gasteiger partial charge in [-0.3, -0.25) is 0 Å². The van der Waals surface area contributed by atoms with Crippen LogP contribution in [0.2, 0.25) is 0 Å². The van der Waals surface area contributed by atoms with Crippen LogP contribution < -0.4 is 0 Å². The minimum absolute atomic E-state index is 0.287. The molecule has 15 heavy (non-hydrogen) atoms. The molecule has 0 radical (unpaired) electrons. The van der Waals surface area contributed by atoms with E-state index in [-0.39, 0.29) is 6.61 Å². The van der Waals surface area contributed by atoms with E-state index < -0.39 is 0 Å². The molecular formula is C12H23NO2. The highest BCUT2D eigenvalue weighted by Crippen LogP contribution is 2.46. The summed E-state index contributed by atoms with van der Waals surface area (Å²) in [7, 11) is 1.81. The summed E-state index contributed by atoms with van der Waals surface area (Å²) in [6.07, 6.45) is 5.40. The van der Waals surface area contributed by atoms with E-state index in [0.717, 1.165) is 25.6 Å². The predicted octanol–water partition coefficient (Wildman–Crippen LogP) is 1.12. The van der Waals surface area contributed by atoms with Gasteiger partial charge in [-0.25, -0.2) is 0 Å². The fourth-order valence-corrected chi connectivity index (χ4v) is 3.53. The standard InChI is InChI=1S/C12H23NO2/c1-15-10-12-5-3-2-4-11(12)8-13(9-12)6-7-14/h11,14H,2-10H2,1H3/t11-,12-/m1/s1. The summed E-state index contributed by atoms with van der Waals surface area (Å²) in [4.78, 5) is 2.41. The lowest BCUT2D eigenvalue weighted by atomic mass is 9.69. The largest absolute Gasteiger partial charge is 0.395 e. The predicted molar refractivity (Wildman–Crippen MR) is 59.8 cm³/mol. The molecule has 2 aliphatic rings. The Bertz CT molecular complexity index is 206. The summed E-state index contributed by atoms with van der Waals surface area (Å²) in [6, 6.07) is 0. The quantitative estimate of drug-likeness (QED) is 0.759. The molecule has 0 aromatic heterocycles. The van der Waals surface area contributed by atoms with Gasteiger partial charge in [0.05, 0.1) is 13.2 Å². The van der Waals surface area contributed by atoms with E-state index in [1.807, 2.05) is 7.11 Å². The van der Waals surface area contributed by atoms with Crippen LogP contribution in [-0.4, -0.2) is 50.0 Å². The van der Waals surface area contributed by atoms with Crippen molar-refractivity contribution in [3.63, 3.8) is 0 Å². The zero-order chi connectivity index (χ0) is 10.7. The fraction of sp³-hybridized carbons (Fsp3) is 1.00. The van der Waals surface area contributed by atoms with Crippen LogP contribution in [0.3, 0.4) is 0 Å². The first-order valence-corrected chi connectivity index (χ1v) is 6.13. The van der Waals surface area contributed by atoms with Crippen molar-refractivity contribution in [3.05, 3.63) is 0 Å². The third-order valence-corrected chi connectivity index (χ3v) is 4.21. The number of ether oxygens (including phenoxy) is 1. The molecule has 88 valence electrons. The Balaban J connectivity index is 2.02. The van der Waals surface area contributed by atoms with Crippen LogP contribution in [0.15, 0.2) is 0 Å². The van der Waals surface area contributed by atoms with Gasteiger partial charge in [0, 0.05) is 32.2 Å². The van der Waals surface area contributed by atoms with Crippen molar-refractivity contribution in [3.8, 4) is 0 Å². The highest BCUT2D eigenvalue weighted by Gasteiger charge is 2.47. The maximum Gasteiger partial charge on any atom is 0.0558 e. The number of methoxy groups -OCH3 is 1. The van der Waals surface area contributed by atoms with Crippen molar-refractivity contribution < 1.29 is 9.84 Å². The summed E-state index contributed by atoms with van der Waals surface area (Å²) in [5.74, 6) is 0.803. The first-order chi connectivity index (χ1) is 7.30. The Kier molecular flexibility index (Phi) is 3.65. The molecule has 0 bridgehead atoms. The van der Waals surface area contributed by atoms with Crippen LogP contribution in [0.4, 0.5) is 0 Å². The summed E-state index contributed by atoms with van der Waals surface area (Å²) in [5, 5.41) is 9.00. The maximum atomic E-state index is 9.00. The Hall–Kier alpha value is -0.120. The van der Waals surface area contributed by atoms with Gasteiger partial charge in [-0.1, -0.05) is 12.8 Å². The van der Waals surface area contributed by atoms with Gasteiger partial charge in [0.1, 0.15) is 0 Å². The van der Waals surface area contributed by atoms with E-state index in [4.69, 9.17) is 9.84 Å². The van der Waals surface area contributed by atoms with Crippen molar-refractivity contribution in [1.29, 1.82) is 0 Å². The van der Waals surface area contributed by atoms with Crippen LogP contribution in [0, 0.1) is 11.3 Å². The van der Waals surface area contributed by atoms with Crippen LogP contribution >= 0.6 is 0 Å². The summed E-state index contributed by atoms with van der Waals surface area (Å²) >= 11 is 0. The maximum absolute atomic E-state index is 9.00. The van der Waals surface area contributed by atoms with Crippen molar-refractivity contribution >= 4 is 0 Å². The lowest BCUT2D eigenvalue weighted by Gasteiger charge is -2.38. The van der Waals surface area contributed by atoms with Crippen LogP contribution in [0.5, 0.6) is 0 Å². The molecule has 1 N–H and O–H groups in total. The normalized spacial score (nSPS) is 36.8. The average molecular weight is 213 g/mol. The van der Waals surface area contributed by atoms with E-state index in [1.54, 1.807) is 0 Å². The SMILES string of the molecule is COC[C@]12CCCC[C@@H]1CN(CCO)C2. The molecule has 3 heteroatoms. The third-order valence-electron chi connectivity index (χ3n) is 4.21. The number of β-amino-alcohol motifs (C(OH)–C–C–N with tert-alkyl or cyclic N) is 1. The van der Waals surface area contributed by atoms with Crippen molar-refractivity contribution in [2.45, 2.75) is 25.7 Å². The molecule has 2 rings (SSSR count). The smallest absolute Gasteiger partial charge is 0.0558 e. The highest BCUT2D eigenvalue weighted by molar-refractivity contribution is 4.98. The second kappa shape index (κ2) is 4.81. The first-order valence-electron chi connectivity index (χ1n) is 6.13. The monoisotopic (exact) mass is 213 g/mol. The Labute approximate surface area is 92.4 Å². The molecule has 1 saturated heterocycles. The zero-order valence-corrected chi connectivity index (χ0v) is 9.74. The van der Waals surface area contributed by atoms with E-state index in [9.17, 15) is 0 Å². The van der Waals surface area contributed by atoms with E-state index in [2.05, 4.69) is 4.90 Å². The molecule has 1 heterocycles. The van der Waals surface area contributed by atoms with Crippen molar-refractivity contribution in [1.82, 2.24) is 4.90 Å². The Morgan fingerprint density at radius 1 is 1.47 bits per heavy atom. The number of hydrogen-bond donors (Lipinski definition) is 1. The molecule has 2 atom stereocenters. The average Bonchev–Trinajstić information content (AvgIpc) is 2.56. The molecule has 0 spiro atoms. The van der Waals surface area contributed by atoms with Gasteiger partial charge >= 0.3 is 0 Å². The van der Waals surface area contributed by atoms with Crippen LogP contribution in [0.1, 0.15) is 25.7 Å². The molecule has 1 saturated carbocycles. The van der Waals surface area contributed by atoms with Gasteiger partial charge in [0.15, 0.2) is 0 Å². The number of hydrogen-bond acceptors (Lipinski definition) is 3. The van der Waals surface area contributed by atoms with Gasteiger partial charge in [-0.2, -0.15) is 0 Å². The molecule has 0 amide bonds. The number of aliphatic hydroxyl groups excluding tert-OH is 1. The summed E-state index contributed by atoms with van der Waals surface area (Å²) < 4.78 is 5.42. The van der Waals surface area contributed by atoms with Crippen LogP contribution in [0.25, 0.3) is 0 Å². The number of likely N-dealkylation sites (tertiary alicyclic amines) is 1. The molecule has 0 aromatic carbocycles. The minimum Gasteiger partial charge on any atom is -0.395 e. The summed E-state index contributed by atoms with van der Waals surface area (Å²) in [6.45, 7) is 4.33. The number of rotatable bonds is 4. The van der Waals surface area contributed by atoms with Crippen molar-refractivity contribution in [2.24, 2.45) is 11.3 Å². The molecule has 0 aromatic rings. The lowest BCUT2D eigenvalue weighted by Crippen LogP contribution is -2.37. The molecule has 3 nitrogen and oxygen atoms in total. The number of nitrogens with zero attached hydrogens (tertiary/aromatic N) is 1. The van der Waals surface area contributed by atoms with Gasteiger partial charge in [-0.05, 0) is 18.8 Å². The second-order valence-electron chi connectivity index (χ2n) is 5.20. The van der Waals surface area contributed by atoms with Gasteiger partial charge in [0.25, 0.3) is 0 Å². The van der Waals surface area contributed by atoms with Gasteiger partial charge in [0.2, 0.25) is 0 Å². The second-order valence-corrected chi connectivity index (χ2v) is 5.20. The minimum atomic E-state index is 0.287. The Morgan fingerprint density at radius 2 is 2.33 bits per heavy atom. The molecular weight excluding hydrogens is 190 g/mol. The summed E-state index contributed by atoms with van der Waals surface area (Å²) in [5.41, 5.74) is 0.405.